The van der Waals surface area contributed by atoms with Gasteiger partial charge in [0.15, 0.2) is 23.0 Å². The summed E-state index contributed by atoms with van der Waals surface area (Å²) in [5.74, 6) is -3.45. The first-order valence-electron chi connectivity index (χ1n) is 11.3. The fraction of sp³-hybridized carbons (Fsp3) is 0.240. The maximum atomic E-state index is 14.9. The predicted octanol–water partition coefficient (Wildman–Crippen LogP) is 3.58. The smallest absolute Gasteiger partial charge is 0.254 e. The number of anilines is 2. The van der Waals surface area contributed by atoms with Crippen LogP contribution in [0.4, 0.5) is 24.7 Å². The molecule has 2 aromatic carbocycles. The first-order chi connectivity index (χ1) is 17.8. The Hall–Kier alpha value is -4.16. The Morgan fingerprint density at radius 2 is 1.95 bits per heavy atom. The second-order valence-electron chi connectivity index (χ2n) is 7.99. The number of benzene rings is 2. The molecule has 0 atom stereocenters. The van der Waals surface area contributed by atoms with Crippen molar-refractivity contribution in [3.63, 3.8) is 0 Å². The number of rotatable bonds is 10. The van der Waals surface area contributed by atoms with Crippen LogP contribution in [0.2, 0.25) is 0 Å². The van der Waals surface area contributed by atoms with Crippen LogP contribution in [0.1, 0.15) is 15.9 Å². The average Bonchev–Trinajstić information content (AvgIpc) is 3.30. The van der Waals surface area contributed by atoms with Crippen LogP contribution in [0.25, 0.3) is 16.9 Å². The highest BCUT2D eigenvalue weighted by molar-refractivity contribution is 5.96. The summed E-state index contributed by atoms with van der Waals surface area (Å²) in [6.45, 7) is 2.82. The highest BCUT2D eigenvalue weighted by Gasteiger charge is 2.20. The number of amides is 1. The number of hydrogen-bond acceptors (Lipinski definition) is 7. The number of methoxy groups -OCH3 is 1. The second kappa shape index (κ2) is 11.3. The number of nitrogens with one attached hydrogen (secondary N) is 2. The van der Waals surface area contributed by atoms with E-state index in [1.165, 1.54) is 42.1 Å². The van der Waals surface area contributed by atoms with Crippen LogP contribution in [0, 0.1) is 24.4 Å². The lowest BCUT2D eigenvalue weighted by atomic mass is 10.1. The monoisotopic (exact) mass is 514 g/mol. The van der Waals surface area contributed by atoms with Crippen molar-refractivity contribution in [3.05, 3.63) is 71.4 Å². The van der Waals surface area contributed by atoms with Gasteiger partial charge in [-0.2, -0.15) is 4.39 Å². The molecule has 0 bridgehead atoms. The molecule has 37 heavy (non-hydrogen) atoms. The number of ether oxygens (including phenoxy) is 2. The van der Waals surface area contributed by atoms with Crippen molar-refractivity contribution >= 4 is 23.1 Å². The Labute approximate surface area is 210 Å². The van der Waals surface area contributed by atoms with Gasteiger partial charge in [-0.3, -0.25) is 9.20 Å². The van der Waals surface area contributed by atoms with Crippen LogP contribution >= 0.6 is 0 Å². The van der Waals surface area contributed by atoms with Gasteiger partial charge in [0.1, 0.15) is 5.82 Å². The highest BCUT2D eigenvalue weighted by atomic mass is 19.2. The molecule has 12 heteroatoms. The summed E-state index contributed by atoms with van der Waals surface area (Å²) < 4.78 is 55.4. The largest absolute Gasteiger partial charge is 0.494 e. The average molecular weight is 515 g/mol. The van der Waals surface area contributed by atoms with Crippen LogP contribution in [0.5, 0.6) is 5.75 Å². The van der Waals surface area contributed by atoms with Gasteiger partial charge in [-0.15, -0.1) is 0 Å². The fourth-order valence-electron chi connectivity index (χ4n) is 3.84. The molecule has 0 unspecified atom stereocenters. The molecule has 9 nitrogen and oxygen atoms in total. The molecule has 4 N–H and O–H groups in total. The van der Waals surface area contributed by atoms with E-state index in [0.717, 1.165) is 0 Å². The number of imidazole rings is 1. The lowest BCUT2D eigenvalue weighted by Gasteiger charge is -2.13. The maximum absolute atomic E-state index is 14.9. The third-order valence-electron chi connectivity index (χ3n) is 5.54. The number of halogens is 3. The summed E-state index contributed by atoms with van der Waals surface area (Å²) in [7, 11) is 1.25. The minimum atomic E-state index is -1.11. The standard InChI is InChI=1S/C25H25F3N6O3/c1-14-11-15(12-17(26)20(14)25(35)31-7-10-37-9-5-29)33-23-24-32-13-18(34(24)8-6-30-23)16-3-4-19(36-2)22(28)21(16)27/h3-4,6,8,11-13H,5,7,9-10,29H2,1-2H3,(H,30,33)(H,31,35). The number of carbonyl (C=O) groups is 1. The second-order valence-corrected chi connectivity index (χ2v) is 7.99. The van der Waals surface area contributed by atoms with E-state index in [9.17, 15) is 18.0 Å². The fourth-order valence-corrected chi connectivity index (χ4v) is 3.84. The number of hydrogen-bond donors (Lipinski definition) is 3. The van der Waals surface area contributed by atoms with Crippen molar-refractivity contribution in [3.8, 4) is 17.0 Å². The molecule has 2 heterocycles. The Bertz CT molecular complexity index is 1420. The molecular weight excluding hydrogens is 489 g/mol. The summed E-state index contributed by atoms with van der Waals surface area (Å²) >= 11 is 0. The van der Waals surface area contributed by atoms with Gasteiger partial charge in [0.2, 0.25) is 5.82 Å². The highest BCUT2D eigenvalue weighted by Crippen LogP contribution is 2.31. The van der Waals surface area contributed by atoms with Crippen molar-refractivity contribution in [2.75, 3.05) is 38.7 Å². The topological polar surface area (TPSA) is 116 Å². The summed E-state index contributed by atoms with van der Waals surface area (Å²) in [5, 5.41) is 5.60. The molecule has 0 spiro atoms. The molecule has 1 amide bonds. The first-order valence-corrected chi connectivity index (χ1v) is 11.3. The molecule has 2 aromatic heterocycles. The van der Waals surface area contributed by atoms with E-state index in [0.29, 0.717) is 30.0 Å². The molecule has 0 aliphatic carbocycles. The first kappa shape index (κ1) is 25.9. The summed E-state index contributed by atoms with van der Waals surface area (Å²) in [6.07, 6.45) is 4.36. The third-order valence-corrected chi connectivity index (χ3v) is 5.54. The lowest BCUT2D eigenvalue weighted by molar-refractivity contribution is 0.0915. The molecule has 0 aliphatic rings. The SMILES string of the molecule is COc1ccc(-c2cnc3c(Nc4cc(C)c(C(=O)NCCOCCN)c(F)c4)nccn23)c(F)c1F. The molecule has 0 radical (unpaired) electrons. The quantitative estimate of drug-likeness (QED) is 0.277. The molecule has 0 saturated carbocycles. The zero-order valence-corrected chi connectivity index (χ0v) is 20.1. The van der Waals surface area contributed by atoms with Crippen molar-refractivity contribution in [1.29, 1.82) is 0 Å². The van der Waals surface area contributed by atoms with E-state index >= 15 is 0 Å². The third kappa shape index (κ3) is 5.34. The minimum absolute atomic E-state index is 0.0198. The van der Waals surface area contributed by atoms with Crippen LogP contribution in [-0.2, 0) is 4.74 Å². The number of aryl methyl sites for hydroxylation is 1. The maximum Gasteiger partial charge on any atom is 0.254 e. The van der Waals surface area contributed by atoms with Crippen LogP contribution in [0.15, 0.2) is 42.9 Å². The zero-order valence-electron chi connectivity index (χ0n) is 20.1. The van der Waals surface area contributed by atoms with Gasteiger partial charge in [-0.05, 0) is 36.8 Å². The number of nitrogens with zero attached hydrogens (tertiary/aromatic N) is 3. The molecule has 0 saturated heterocycles. The number of nitrogens with two attached hydrogens (primary N) is 1. The molecule has 0 aliphatic heterocycles. The van der Waals surface area contributed by atoms with E-state index < -0.39 is 23.4 Å². The Kier molecular flexibility index (Phi) is 7.89. The van der Waals surface area contributed by atoms with Gasteiger partial charge in [-0.1, -0.05) is 0 Å². The van der Waals surface area contributed by atoms with E-state index in [1.807, 2.05) is 0 Å². The van der Waals surface area contributed by atoms with Crippen LogP contribution in [-0.4, -0.2) is 53.7 Å². The van der Waals surface area contributed by atoms with Gasteiger partial charge in [-0.25, -0.2) is 18.7 Å². The Morgan fingerprint density at radius 3 is 2.68 bits per heavy atom. The minimum Gasteiger partial charge on any atom is -0.494 e. The van der Waals surface area contributed by atoms with E-state index in [1.54, 1.807) is 19.2 Å². The Balaban J connectivity index is 1.58. The number of aromatic nitrogens is 3. The van der Waals surface area contributed by atoms with Gasteiger partial charge in [0.25, 0.3) is 5.91 Å². The van der Waals surface area contributed by atoms with Crippen molar-refractivity contribution < 1.29 is 27.4 Å². The lowest BCUT2D eigenvalue weighted by Crippen LogP contribution is -2.29. The van der Waals surface area contributed by atoms with E-state index in [4.69, 9.17) is 15.2 Å². The van der Waals surface area contributed by atoms with Gasteiger partial charge < -0.3 is 25.8 Å². The van der Waals surface area contributed by atoms with Crippen molar-refractivity contribution in [2.24, 2.45) is 5.73 Å². The van der Waals surface area contributed by atoms with Crippen LogP contribution in [0.3, 0.4) is 0 Å². The van der Waals surface area contributed by atoms with Crippen molar-refractivity contribution in [1.82, 2.24) is 19.7 Å². The summed E-state index contributed by atoms with van der Waals surface area (Å²) in [5.41, 5.74) is 6.53. The molecule has 0 fully saturated rings. The molecular formula is C25H25F3N6O3. The zero-order chi connectivity index (χ0) is 26.5. The van der Waals surface area contributed by atoms with Gasteiger partial charge in [0.05, 0.1) is 37.8 Å². The van der Waals surface area contributed by atoms with E-state index in [-0.39, 0.29) is 41.5 Å². The van der Waals surface area contributed by atoms with Gasteiger partial charge >= 0.3 is 0 Å². The molecule has 194 valence electrons. The Morgan fingerprint density at radius 1 is 1.14 bits per heavy atom. The van der Waals surface area contributed by atoms with Crippen LogP contribution < -0.4 is 21.1 Å². The number of fused-ring (bicyclic) bond motifs is 1. The normalized spacial score (nSPS) is 11.1. The number of carbonyl (C=O) groups excluding carboxylic acids is 1. The predicted molar refractivity (Wildman–Crippen MR) is 132 cm³/mol. The van der Waals surface area contributed by atoms with Crippen molar-refractivity contribution in [2.45, 2.75) is 6.92 Å². The summed E-state index contributed by atoms with van der Waals surface area (Å²) in [6, 6.07) is 5.47. The molecule has 4 rings (SSSR count). The van der Waals surface area contributed by atoms with Gasteiger partial charge in [0, 0.05) is 36.7 Å². The van der Waals surface area contributed by atoms with E-state index in [2.05, 4.69) is 20.6 Å². The summed E-state index contributed by atoms with van der Waals surface area (Å²) in [4.78, 5) is 21.0. The molecule has 4 aromatic rings.